The van der Waals surface area contributed by atoms with E-state index in [1.807, 2.05) is 0 Å². The first-order valence-corrected chi connectivity index (χ1v) is 6.66. The lowest BCUT2D eigenvalue weighted by atomic mass is 9.87. The van der Waals surface area contributed by atoms with Crippen LogP contribution in [-0.2, 0) is 28.6 Å². The molecule has 3 aliphatic carbocycles. The molecule has 6 nitrogen and oxygen atoms in total. The average molecular weight is 282 g/mol. The third-order valence-corrected chi connectivity index (χ3v) is 5.57. The predicted molar refractivity (Wildman–Crippen MR) is 65.5 cm³/mol. The van der Waals surface area contributed by atoms with Crippen LogP contribution in [0, 0.1) is 29.1 Å². The smallest absolute Gasteiger partial charge is 0.313 e. The van der Waals surface area contributed by atoms with Gasteiger partial charge in [-0.3, -0.25) is 14.4 Å². The zero-order valence-corrected chi connectivity index (χ0v) is 12.0. The molecule has 0 saturated heterocycles. The maximum absolute atomic E-state index is 12.6. The molecule has 3 rings (SSSR count). The number of hydrogen-bond acceptors (Lipinski definition) is 6. The summed E-state index contributed by atoms with van der Waals surface area (Å²) in [6.07, 6.45) is 0.430. The first-order chi connectivity index (χ1) is 9.43. The van der Waals surface area contributed by atoms with E-state index in [4.69, 9.17) is 14.2 Å². The highest BCUT2D eigenvalue weighted by atomic mass is 16.7. The number of fused-ring (bicyclic) bond motifs is 1. The molecule has 0 amide bonds. The van der Waals surface area contributed by atoms with E-state index in [1.54, 1.807) is 0 Å². The van der Waals surface area contributed by atoms with Crippen molar-refractivity contribution in [2.24, 2.45) is 29.1 Å². The van der Waals surface area contributed by atoms with Crippen molar-refractivity contribution in [3.63, 3.8) is 0 Å². The van der Waals surface area contributed by atoms with E-state index in [0.717, 1.165) is 0 Å². The fourth-order valence-electron chi connectivity index (χ4n) is 4.85. The van der Waals surface area contributed by atoms with Crippen LogP contribution in [0.5, 0.6) is 0 Å². The molecular weight excluding hydrogens is 264 g/mol. The van der Waals surface area contributed by atoms with Crippen LogP contribution in [0.15, 0.2) is 0 Å². The van der Waals surface area contributed by atoms with Crippen LogP contribution in [0.2, 0.25) is 0 Å². The van der Waals surface area contributed by atoms with Crippen LogP contribution in [0.25, 0.3) is 0 Å². The summed E-state index contributed by atoms with van der Waals surface area (Å²) < 4.78 is 15.6. The second kappa shape index (κ2) is 3.89. The molecule has 6 heteroatoms. The second-order valence-electron chi connectivity index (χ2n) is 5.87. The summed E-state index contributed by atoms with van der Waals surface area (Å²) in [5, 5.41) is 0. The minimum Gasteiger partial charge on any atom is -0.469 e. The Bertz CT molecular complexity index is 508. The van der Waals surface area contributed by atoms with Crippen molar-refractivity contribution in [2.45, 2.75) is 19.1 Å². The topological polar surface area (TPSA) is 78.9 Å². The molecule has 0 aromatic rings. The van der Waals surface area contributed by atoms with Crippen molar-refractivity contribution in [3.8, 4) is 0 Å². The van der Waals surface area contributed by atoms with Gasteiger partial charge >= 0.3 is 5.97 Å². The highest BCUT2D eigenvalue weighted by Crippen LogP contribution is 2.81. The predicted octanol–water partition coefficient (Wildman–Crippen LogP) is 0.189. The van der Waals surface area contributed by atoms with Gasteiger partial charge in [0.25, 0.3) is 0 Å². The largest absolute Gasteiger partial charge is 0.469 e. The van der Waals surface area contributed by atoms with Gasteiger partial charge in [-0.15, -0.1) is 0 Å². The number of esters is 1. The van der Waals surface area contributed by atoms with E-state index in [1.165, 1.54) is 28.3 Å². The maximum Gasteiger partial charge on any atom is 0.313 e. The van der Waals surface area contributed by atoms with Gasteiger partial charge in [0.15, 0.2) is 5.78 Å². The number of hydrogen-bond donors (Lipinski definition) is 0. The number of Topliss-reactive ketones (excluding diaryl/α,β-unsaturated/α-hetero) is 2. The van der Waals surface area contributed by atoms with Gasteiger partial charge in [-0.2, -0.15) is 0 Å². The molecule has 0 aromatic carbocycles. The fraction of sp³-hybridized carbons (Fsp3) is 0.786. The summed E-state index contributed by atoms with van der Waals surface area (Å²) >= 11 is 0. The quantitative estimate of drug-likeness (QED) is 0.541. The van der Waals surface area contributed by atoms with Gasteiger partial charge in [-0.1, -0.05) is 0 Å². The van der Waals surface area contributed by atoms with E-state index in [0.29, 0.717) is 6.42 Å². The lowest BCUT2D eigenvalue weighted by Gasteiger charge is -2.33. The number of methoxy groups -OCH3 is 3. The van der Waals surface area contributed by atoms with Gasteiger partial charge in [-0.05, 0) is 19.3 Å². The van der Waals surface area contributed by atoms with Crippen molar-refractivity contribution in [1.82, 2.24) is 0 Å². The zero-order valence-electron chi connectivity index (χ0n) is 12.0. The molecule has 5 atom stereocenters. The van der Waals surface area contributed by atoms with Gasteiger partial charge in [0.2, 0.25) is 5.79 Å². The van der Waals surface area contributed by atoms with Crippen LogP contribution in [0.3, 0.4) is 0 Å². The molecular formula is C14H18O6. The standard InChI is InChI=1S/C14H18O6/c1-6(15)7-5-8-13(12(17)18-2)9(7)10(13)11(16)14(8,19-3)20-4/h7-10H,5H2,1-4H3/t7-,8+,9+,10+,13-/m1/s1. The minimum atomic E-state index is -1.42. The Kier molecular flexibility index (Phi) is 2.66. The number of rotatable bonds is 4. The Morgan fingerprint density at radius 1 is 1.20 bits per heavy atom. The monoisotopic (exact) mass is 282 g/mol. The van der Waals surface area contributed by atoms with Crippen molar-refractivity contribution in [3.05, 3.63) is 0 Å². The maximum atomic E-state index is 12.6. The molecule has 20 heavy (non-hydrogen) atoms. The third-order valence-electron chi connectivity index (χ3n) is 5.57. The normalized spacial score (nSPS) is 43.3. The van der Waals surface area contributed by atoms with Crippen LogP contribution in [0.1, 0.15) is 13.3 Å². The van der Waals surface area contributed by atoms with Crippen molar-refractivity contribution in [2.75, 3.05) is 21.3 Å². The first kappa shape index (κ1) is 13.7. The number of carbonyl (C=O) groups excluding carboxylic acids is 3. The average Bonchev–Trinajstić information content (AvgIpc) is 2.95. The molecule has 3 fully saturated rings. The molecule has 0 heterocycles. The SMILES string of the molecule is COC(=O)[C@@]12[C@H]3[C@@H](C(C)=O)C[C@@H]1C(OC)(OC)C(=O)[C@H]32. The molecule has 3 aliphatic rings. The lowest BCUT2D eigenvalue weighted by molar-refractivity contribution is -0.228. The first-order valence-electron chi connectivity index (χ1n) is 6.66. The summed E-state index contributed by atoms with van der Waals surface area (Å²) in [7, 11) is 4.10. The Labute approximate surface area is 116 Å². The molecule has 0 aromatic heterocycles. The Morgan fingerprint density at radius 3 is 2.25 bits per heavy atom. The van der Waals surface area contributed by atoms with E-state index in [9.17, 15) is 14.4 Å². The van der Waals surface area contributed by atoms with Gasteiger partial charge in [0.05, 0.1) is 12.5 Å². The van der Waals surface area contributed by atoms with E-state index in [-0.39, 0.29) is 23.4 Å². The number of carbonyl (C=O) groups is 3. The van der Waals surface area contributed by atoms with Gasteiger partial charge < -0.3 is 14.2 Å². The van der Waals surface area contributed by atoms with E-state index in [2.05, 4.69) is 0 Å². The highest BCUT2D eigenvalue weighted by Gasteiger charge is 2.92. The lowest BCUT2D eigenvalue weighted by Crippen LogP contribution is -2.48. The molecule has 3 saturated carbocycles. The van der Waals surface area contributed by atoms with Crippen molar-refractivity contribution in [1.29, 1.82) is 0 Å². The number of ether oxygens (including phenoxy) is 3. The van der Waals surface area contributed by atoms with Crippen LogP contribution >= 0.6 is 0 Å². The minimum absolute atomic E-state index is 0.00378. The van der Waals surface area contributed by atoms with Crippen molar-refractivity contribution >= 4 is 17.5 Å². The van der Waals surface area contributed by atoms with Crippen LogP contribution < -0.4 is 0 Å². The summed E-state index contributed by atoms with van der Waals surface area (Å²) in [4.78, 5) is 36.7. The van der Waals surface area contributed by atoms with E-state index < -0.39 is 29.0 Å². The Morgan fingerprint density at radius 2 is 1.80 bits per heavy atom. The fourth-order valence-corrected chi connectivity index (χ4v) is 4.85. The molecule has 0 bridgehead atoms. The summed E-state index contributed by atoms with van der Waals surface area (Å²) in [6, 6.07) is 0. The van der Waals surface area contributed by atoms with Gasteiger partial charge in [-0.25, -0.2) is 0 Å². The zero-order chi connectivity index (χ0) is 14.9. The summed E-state index contributed by atoms with van der Waals surface area (Å²) in [5.74, 6) is -3.57. The summed E-state index contributed by atoms with van der Waals surface area (Å²) in [5.41, 5.74) is -0.922. The molecule has 0 spiro atoms. The Balaban J connectivity index is 2.11. The van der Waals surface area contributed by atoms with E-state index >= 15 is 0 Å². The molecule has 0 unspecified atom stereocenters. The Hall–Kier alpha value is -1.27. The molecule has 0 aliphatic heterocycles. The second-order valence-corrected chi connectivity index (χ2v) is 5.87. The molecule has 0 radical (unpaired) electrons. The van der Waals surface area contributed by atoms with Crippen molar-refractivity contribution < 1.29 is 28.6 Å². The third kappa shape index (κ3) is 1.12. The number of ketones is 2. The highest BCUT2D eigenvalue weighted by molar-refractivity contribution is 6.06. The van der Waals surface area contributed by atoms with Gasteiger partial charge in [0.1, 0.15) is 5.78 Å². The summed E-state index contributed by atoms with van der Waals surface area (Å²) in [6.45, 7) is 1.50. The van der Waals surface area contributed by atoms with Crippen LogP contribution in [0.4, 0.5) is 0 Å². The molecule has 110 valence electrons. The van der Waals surface area contributed by atoms with Crippen LogP contribution in [-0.4, -0.2) is 44.7 Å². The van der Waals surface area contributed by atoms with Gasteiger partial charge in [0, 0.05) is 32.0 Å². The molecule has 0 N–H and O–H groups in total.